The Morgan fingerprint density at radius 3 is 2.11 bits per heavy atom. The number of hydrogen-bond acceptors (Lipinski definition) is 0. The summed E-state index contributed by atoms with van der Waals surface area (Å²) in [4.78, 5) is 0. The Kier molecular flexibility index (Phi) is 3.66. The van der Waals surface area contributed by atoms with Crippen molar-refractivity contribution in [1.29, 1.82) is 0 Å². The molecule has 0 aliphatic heterocycles. The number of rotatable bonds is 0. The van der Waals surface area contributed by atoms with Crippen LogP contribution < -0.4 is 0 Å². The van der Waals surface area contributed by atoms with E-state index >= 15 is 0 Å². The lowest BCUT2D eigenvalue weighted by atomic mass is 9.97. The summed E-state index contributed by atoms with van der Waals surface area (Å²) in [5, 5.41) is 5.40. The third-order valence-corrected chi connectivity index (χ3v) is 3.29. The van der Waals surface area contributed by atoms with Crippen LogP contribution >= 0.6 is 0 Å². The Hall–Kier alpha value is -1.82. The third-order valence-electron chi connectivity index (χ3n) is 3.29. The molecule has 0 radical (unpaired) electrons. The van der Waals surface area contributed by atoms with Gasteiger partial charge in [-0.05, 0) is 47.0 Å². The fraction of sp³-hybridized carbons (Fsp3) is 0.222. The highest BCUT2D eigenvalue weighted by Crippen LogP contribution is 2.28. The maximum absolute atomic E-state index is 2.28. The van der Waals surface area contributed by atoms with Gasteiger partial charge in [0.2, 0.25) is 0 Å². The molecule has 0 N–H and O–H groups in total. The molecule has 0 saturated carbocycles. The van der Waals surface area contributed by atoms with Crippen LogP contribution in [0.4, 0.5) is 0 Å². The van der Waals surface area contributed by atoms with Gasteiger partial charge in [-0.2, -0.15) is 0 Å². The van der Waals surface area contributed by atoms with E-state index in [1.165, 1.54) is 32.7 Å². The maximum atomic E-state index is 2.28. The zero-order valence-electron chi connectivity index (χ0n) is 11.6. The van der Waals surface area contributed by atoms with Crippen LogP contribution in [0, 0.1) is 13.8 Å². The molecule has 18 heavy (non-hydrogen) atoms. The van der Waals surface area contributed by atoms with Crippen LogP contribution in [0.1, 0.15) is 25.0 Å². The standard InChI is InChI=1S/C16H14.C2H6/c1-11-7-8-16-12(2)15-6-4-3-5-13(15)10-14(16)9-11;1-2/h3-10H,1-2H3;1-2H3. The van der Waals surface area contributed by atoms with Crippen LogP contribution in [0.25, 0.3) is 21.5 Å². The van der Waals surface area contributed by atoms with E-state index in [0.29, 0.717) is 0 Å². The molecule has 0 aromatic heterocycles. The van der Waals surface area contributed by atoms with Crippen LogP contribution in [0.5, 0.6) is 0 Å². The Morgan fingerprint density at radius 2 is 1.33 bits per heavy atom. The molecule has 0 aliphatic carbocycles. The molecule has 0 heteroatoms. The first kappa shape index (κ1) is 12.6. The number of benzene rings is 3. The molecule has 0 heterocycles. The van der Waals surface area contributed by atoms with Crippen molar-refractivity contribution in [3.05, 3.63) is 59.7 Å². The molecular weight excluding hydrogens is 216 g/mol. The van der Waals surface area contributed by atoms with Crippen molar-refractivity contribution in [3.8, 4) is 0 Å². The van der Waals surface area contributed by atoms with E-state index in [1.807, 2.05) is 13.8 Å². The molecular formula is C18H20. The number of fused-ring (bicyclic) bond motifs is 2. The first-order valence-corrected chi connectivity index (χ1v) is 6.64. The second-order valence-electron chi connectivity index (χ2n) is 4.45. The summed E-state index contributed by atoms with van der Waals surface area (Å²) in [6.45, 7) is 8.35. The van der Waals surface area contributed by atoms with Crippen molar-refractivity contribution in [2.45, 2.75) is 27.7 Å². The summed E-state index contributed by atoms with van der Waals surface area (Å²) in [5.41, 5.74) is 2.70. The summed E-state index contributed by atoms with van der Waals surface area (Å²) < 4.78 is 0. The lowest BCUT2D eigenvalue weighted by Crippen LogP contribution is -1.83. The van der Waals surface area contributed by atoms with Gasteiger partial charge in [-0.25, -0.2) is 0 Å². The van der Waals surface area contributed by atoms with E-state index in [9.17, 15) is 0 Å². The van der Waals surface area contributed by atoms with Gasteiger partial charge in [-0.1, -0.05) is 61.9 Å². The normalized spacial score (nSPS) is 10.2. The fourth-order valence-corrected chi connectivity index (χ4v) is 2.42. The van der Waals surface area contributed by atoms with Gasteiger partial charge in [-0.15, -0.1) is 0 Å². The van der Waals surface area contributed by atoms with Gasteiger partial charge in [-0.3, -0.25) is 0 Å². The van der Waals surface area contributed by atoms with Crippen molar-refractivity contribution >= 4 is 21.5 Å². The van der Waals surface area contributed by atoms with E-state index in [-0.39, 0.29) is 0 Å². The molecule has 0 unspecified atom stereocenters. The van der Waals surface area contributed by atoms with Crippen molar-refractivity contribution in [2.75, 3.05) is 0 Å². The van der Waals surface area contributed by atoms with Gasteiger partial charge in [0.25, 0.3) is 0 Å². The van der Waals surface area contributed by atoms with Crippen molar-refractivity contribution in [1.82, 2.24) is 0 Å². The molecule has 0 saturated heterocycles. The second-order valence-corrected chi connectivity index (χ2v) is 4.45. The molecule has 0 bridgehead atoms. The highest BCUT2D eigenvalue weighted by atomic mass is 14.1. The highest BCUT2D eigenvalue weighted by molar-refractivity contribution is 6.02. The summed E-state index contributed by atoms with van der Waals surface area (Å²) >= 11 is 0. The van der Waals surface area contributed by atoms with E-state index in [1.54, 1.807) is 0 Å². The predicted octanol–water partition coefficient (Wildman–Crippen LogP) is 5.64. The zero-order chi connectivity index (χ0) is 13.1. The van der Waals surface area contributed by atoms with Crippen LogP contribution in [0.15, 0.2) is 48.5 Å². The minimum atomic E-state index is 1.32. The Bertz CT molecular complexity index is 678. The second kappa shape index (κ2) is 5.22. The zero-order valence-corrected chi connectivity index (χ0v) is 11.6. The van der Waals surface area contributed by atoms with Crippen LogP contribution in [0.2, 0.25) is 0 Å². The van der Waals surface area contributed by atoms with Crippen LogP contribution in [-0.2, 0) is 0 Å². The minimum Gasteiger partial charge on any atom is -0.0683 e. The molecule has 0 aliphatic rings. The lowest BCUT2D eigenvalue weighted by Gasteiger charge is -2.08. The Balaban J connectivity index is 0.000000574. The molecule has 3 aromatic carbocycles. The smallest absolute Gasteiger partial charge is 0.0148 e. The highest BCUT2D eigenvalue weighted by Gasteiger charge is 2.02. The SMILES string of the molecule is CC.Cc1ccc2c(C)c3ccccc3cc2c1. The van der Waals surface area contributed by atoms with Crippen molar-refractivity contribution < 1.29 is 0 Å². The number of aryl methyl sites for hydroxylation is 2. The largest absolute Gasteiger partial charge is 0.0683 e. The average Bonchev–Trinajstić information content (AvgIpc) is 2.41. The van der Waals surface area contributed by atoms with Gasteiger partial charge in [0, 0.05) is 0 Å². The number of hydrogen-bond donors (Lipinski definition) is 0. The van der Waals surface area contributed by atoms with Gasteiger partial charge >= 0.3 is 0 Å². The van der Waals surface area contributed by atoms with E-state index in [0.717, 1.165) is 0 Å². The molecule has 3 aromatic rings. The molecule has 92 valence electrons. The van der Waals surface area contributed by atoms with Gasteiger partial charge in [0.15, 0.2) is 0 Å². The molecule has 0 fully saturated rings. The minimum absolute atomic E-state index is 1.32. The summed E-state index contributed by atoms with van der Waals surface area (Å²) in [6.07, 6.45) is 0. The molecule has 0 amide bonds. The third kappa shape index (κ3) is 2.11. The fourth-order valence-electron chi connectivity index (χ4n) is 2.42. The van der Waals surface area contributed by atoms with Gasteiger partial charge in [0.05, 0.1) is 0 Å². The van der Waals surface area contributed by atoms with E-state index in [4.69, 9.17) is 0 Å². The van der Waals surface area contributed by atoms with Gasteiger partial charge < -0.3 is 0 Å². The Labute approximate surface area is 109 Å². The van der Waals surface area contributed by atoms with Crippen LogP contribution in [0.3, 0.4) is 0 Å². The quantitative estimate of drug-likeness (QED) is 0.443. The monoisotopic (exact) mass is 236 g/mol. The molecule has 0 spiro atoms. The van der Waals surface area contributed by atoms with Gasteiger partial charge in [0.1, 0.15) is 0 Å². The summed E-state index contributed by atoms with van der Waals surface area (Å²) in [7, 11) is 0. The average molecular weight is 236 g/mol. The summed E-state index contributed by atoms with van der Waals surface area (Å²) in [6, 6.07) is 17.5. The van der Waals surface area contributed by atoms with Crippen molar-refractivity contribution in [3.63, 3.8) is 0 Å². The van der Waals surface area contributed by atoms with Crippen molar-refractivity contribution in [2.24, 2.45) is 0 Å². The molecule has 0 atom stereocenters. The first-order valence-electron chi connectivity index (χ1n) is 6.64. The molecule has 0 nitrogen and oxygen atoms in total. The molecule has 3 rings (SSSR count). The van der Waals surface area contributed by atoms with E-state index < -0.39 is 0 Å². The topological polar surface area (TPSA) is 0 Å². The van der Waals surface area contributed by atoms with E-state index in [2.05, 4.69) is 62.4 Å². The maximum Gasteiger partial charge on any atom is -0.0148 e. The lowest BCUT2D eigenvalue weighted by molar-refractivity contribution is 1.49. The van der Waals surface area contributed by atoms with Crippen LogP contribution in [-0.4, -0.2) is 0 Å². The predicted molar refractivity (Wildman–Crippen MR) is 82.3 cm³/mol. The first-order chi connectivity index (χ1) is 8.75. The summed E-state index contributed by atoms with van der Waals surface area (Å²) in [5.74, 6) is 0. The Morgan fingerprint density at radius 1 is 0.667 bits per heavy atom.